The topological polar surface area (TPSA) is 73.6 Å². The van der Waals surface area contributed by atoms with Crippen molar-refractivity contribution in [1.29, 1.82) is 0 Å². The maximum Gasteiger partial charge on any atom is 0.257 e. The molecule has 2 rings (SSSR count). The zero-order chi connectivity index (χ0) is 15.4. The lowest BCUT2D eigenvalue weighted by atomic mass is 10.1. The van der Waals surface area contributed by atoms with Crippen LogP contribution >= 0.6 is 0 Å². The number of methoxy groups -OCH3 is 2. The Morgan fingerprint density at radius 1 is 1.10 bits per heavy atom. The molecule has 0 heterocycles. The van der Waals surface area contributed by atoms with Crippen molar-refractivity contribution in [3.8, 4) is 11.5 Å². The number of amides is 1. The number of aryl methyl sites for hydroxylation is 1. The van der Waals surface area contributed by atoms with E-state index in [1.165, 1.54) is 7.11 Å². The van der Waals surface area contributed by atoms with E-state index < -0.39 is 0 Å². The minimum atomic E-state index is -0.312. The number of anilines is 2. The Labute approximate surface area is 123 Å². The first kappa shape index (κ1) is 14.7. The maximum atomic E-state index is 12.4. The van der Waals surface area contributed by atoms with Crippen LogP contribution in [0.5, 0.6) is 11.5 Å². The third kappa shape index (κ3) is 3.25. The van der Waals surface area contributed by atoms with Crippen LogP contribution in [-0.2, 0) is 0 Å². The molecule has 2 aromatic rings. The summed E-state index contributed by atoms with van der Waals surface area (Å²) < 4.78 is 10.4. The van der Waals surface area contributed by atoms with Crippen molar-refractivity contribution in [3.05, 3.63) is 47.5 Å². The summed E-state index contributed by atoms with van der Waals surface area (Å²) in [5, 5.41) is 2.80. The van der Waals surface area contributed by atoms with Crippen molar-refractivity contribution in [3.63, 3.8) is 0 Å². The summed E-state index contributed by atoms with van der Waals surface area (Å²) in [6.45, 7) is 1.95. The van der Waals surface area contributed by atoms with Gasteiger partial charge in [0.15, 0.2) is 0 Å². The minimum absolute atomic E-state index is 0.312. The quantitative estimate of drug-likeness (QED) is 0.848. The van der Waals surface area contributed by atoms with Crippen molar-refractivity contribution in [2.45, 2.75) is 6.92 Å². The van der Waals surface area contributed by atoms with Crippen LogP contribution in [0.1, 0.15) is 15.9 Å². The molecule has 0 bridgehead atoms. The van der Waals surface area contributed by atoms with Gasteiger partial charge in [-0.25, -0.2) is 0 Å². The van der Waals surface area contributed by atoms with E-state index in [9.17, 15) is 4.79 Å². The predicted molar refractivity (Wildman–Crippen MR) is 83.1 cm³/mol. The van der Waals surface area contributed by atoms with Gasteiger partial charge < -0.3 is 20.5 Å². The lowest BCUT2D eigenvalue weighted by Gasteiger charge is -2.12. The average Bonchev–Trinajstić information content (AvgIpc) is 2.49. The predicted octanol–water partition coefficient (Wildman–Crippen LogP) is 2.85. The van der Waals surface area contributed by atoms with Gasteiger partial charge in [0.2, 0.25) is 0 Å². The summed E-state index contributed by atoms with van der Waals surface area (Å²) in [5.74, 6) is 0.864. The first-order chi connectivity index (χ1) is 10.0. The Morgan fingerprint density at radius 2 is 1.86 bits per heavy atom. The van der Waals surface area contributed by atoms with Crippen LogP contribution < -0.4 is 20.5 Å². The molecule has 1 amide bonds. The van der Waals surface area contributed by atoms with Crippen LogP contribution in [0, 0.1) is 6.92 Å². The molecule has 0 aromatic heterocycles. The van der Waals surface area contributed by atoms with Crippen molar-refractivity contribution in [1.82, 2.24) is 0 Å². The van der Waals surface area contributed by atoms with Gasteiger partial charge in [-0.1, -0.05) is 6.07 Å². The van der Waals surface area contributed by atoms with Crippen LogP contribution in [0.2, 0.25) is 0 Å². The van der Waals surface area contributed by atoms with E-state index in [2.05, 4.69) is 5.32 Å². The van der Waals surface area contributed by atoms with Crippen LogP contribution in [0.15, 0.2) is 36.4 Å². The number of hydrogen-bond donors (Lipinski definition) is 2. The SMILES string of the molecule is COc1ccc(N)c(C(=O)Nc2ccc(C)cc2OC)c1. The van der Waals surface area contributed by atoms with Crippen molar-refractivity contribution in [2.75, 3.05) is 25.3 Å². The molecule has 0 spiro atoms. The molecule has 0 radical (unpaired) electrons. The molecule has 3 N–H and O–H groups in total. The molecule has 0 saturated heterocycles. The molecule has 21 heavy (non-hydrogen) atoms. The number of nitrogens with one attached hydrogen (secondary N) is 1. The highest BCUT2D eigenvalue weighted by atomic mass is 16.5. The van der Waals surface area contributed by atoms with Gasteiger partial charge in [0.25, 0.3) is 5.91 Å². The van der Waals surface area contributed by atoms with Crippen LogP contribution in [0.25, 0.3) is 0 Å². The van der Waals surface area contributed by atoms with Gasteiger partial charge in [-0.2, -0.15) is 0 Å². The third-order valence-electron chi connectivity index (χ3n) is 3.11. The normalized spacial score (nSPS) is 10.0. The second-order valence-electron chi connectivity index (χ2n) is 4.61. The van der Waals surface area contributed by atoms with Crippen molar-refractivity contribution >= 4 is 17.3 Å². The molecule has 0 fully saturated rings. The number of rotatable bonds is 4. The van der Waals surface area contributed by atoms with E-state index in [1.807, 2.05) is 19.1 Å². The zero-order valence-corrected chi connectivity index (χ0v) is 12.3. The fourth-order valence-corrected chi connectivity index (χ4v) is 1.95. The van der Waals surface area contributed by atoms with Gasteiger partial charge in [0.1, 0.15) is 11.5 Å². The van der Waals surface area contributed by atoms with Crippen molar-refractivity contribution in [2.24, 2.45) is 0 Å². The number of nitrogen functional groups attached to an aromatic ring is 1. The monoisotopic (exact) mass is 286 g/mol. The summed E-state index contributed by atoms with van der Waals surface area (Å²) in [6, 6.07) is 10.5. The molecule has 2 aromatic carbocycles. The van der Waals surface area contributed by atoms with Crippen LogP contribution in [0.3, 0.4) is 0 Å². The molecule has 110 valence electrons. The standard InChI is InChI=1S/C16H18N2O3/c1-10-4-7-14(15(8-10)21-3)18-16(19)12-9-11(20-2)5-6-13(12)17/h4-9H,17H2,1-3H3,(H,18,19). The minimum Gasteiger partial charge on any atom is -0.497 e. The van der Waals surface area contributed by atoms with Gasteiger partial charge >= 0.3 is 0 Å². The molecule has 0 saturated carbocycles. The maximum absolute atomic E-state index is 12.4. The number of carbonyl (C=O) groups excluding carboxylic acids is 1. The van der Waals surface area contributed by atoms with Gasteiger partial charge in [-0.15, -0.1) is 0 Å². The summed E-state index contributed by atoms with van der Waals surface area (Å²) in [7, 11) is 3.10. The molecule has 5 heteroatoms. The Hall–Kier alpha value is -2.69. The van der Waals surface area contributed by atoms with Gasteiger partial charge in [0.05, 0.1) is 25.5 Å². The largest absolute Gasteiger partial charge is 0.497 e. The highest BCUT2D eigenvalue weighted by molar-refractivity contribution is 6.08. The van der Waals surface area contributed by atoms with E-state index in [4.69, 9.17) is 15.2 Å². The molecule has 0 aliphatic rings. The molecular weight excluding hydrogens is 268 g/mol. The van der Waals surface area contributed by atoms with E-state index >= 15 is 0 Å². The van der Waals surface area contributed by atoms with Gasteiger partial charge in [-0.05, 0) is 42.8 Å². The van der Waals surface area contributed by atoms with Gasteiger partial charge in [-0.3, -0.25) is 4.79 Å². The summed E-state index contributed by atoms with van der Waals surface area (Å²) in [5.41, 5.74) is 8.23. The Balaban J connectivity index is 2.30. The Morgan fingerprint density at radius 3 is 2.52 bits per heavy atom. The zero-order valence-electron chi connectivity index (χ0n) is 12.3. The second-order valence-corrected chi connectivity index (χ2v) is 4.61. The summed E-state index contributed by atoms with van der Waals surface area (Å²) in [4.78, 5) is 12.4. The average molecular weight is 286 g/mol. The highest BCUT2D eigenvalue weighted by Crippen LogP contribution is 2.27. The highest BCUT2D eigenvalue weighted by Gasteiger charge is 2.13. The molecular formula is C16H18N2O3. The fourth-order valence-electron chi connectivity index (χ4n) is 1.95. The number of nitrogens with two attached hydrogens (primary N) is 1. The van der Waals surface area contributed by atoms with Crippen LogP contribution in [-0.4, -0.2) is 20.1 Å². The number of benzene rings is 2. The third-order valence-corrected chi connectivity index (χ3v) is 3.11. The molecule has 0 unspecified atom stereocenters. The molecule has 0 aliphatic heterocycles. The van der Waals surface area contributed by atoms with E-state index in [-0.39, 0.29) is 5.91 Å². The molecule has 0 atom stereocenters. The Bertz CT molecular complexity index is 669. The summed E-state index contributed by atoms with van der Waals surface area (Å²) >= 11 is 0. The van der Waals surface area contributed by atoms with Crippen LogP contribution in [0.4, 0.5) is 11.4 Å². The van der Waals surface area contributed by atoms with E-state index in [0.717, 1.165) is 5.56 Å². The smallest absolute Gasteiger partial charge is 0.257 e. The molecule has 5 nitrogen and oxygen atoms in total. The second kappa shape index (κ2) is 6.17. The first-order valence-corrected chi connectivity index (χ1v) is 6.44. The summed E-state index contributed by atoms with van der Waals surface area (Å²) in [6.07, 6.45) is 0. The first-order valence-electron chi connectivity index (χ1n) is 6.44. The van der Waals surface area contributed by atoms with E-state index in [0.29, 0.717) is 28.4 Å². The van der Waals surface area contributed by atoms with E-state index in [1.54, 1.807) is 31.4 Å². The lowest BCUT2D eigenvalue weighted by molar-refractivity contribution is 0.102. The Kier molecular flexibility index (Phi) is 4.33. The number of ether oxygens (including phenoxy) is 2. The number of hydrogen-bond acceptors (Lipinski definition) is 4. The lowest BCUT2D eigenvalue weighted by Crippen LogP contribution is -2.14. The van der Waals surface area contributed by atoms with Gasteiger partial charge in [0, 0.05) is 5.69 Å². The number of carbonyl (C=O) groups is 1. The molecule has 0 aliphatic carbocycles. The van der Waals surface area contributed by atoms with Crippen molar-refractivity contribution < 1.29 is 14.3 Å². The fraction of sp³-hybridized carbons (Fsp3) is 0.188.